The quantitative estimate of drug-likeness (QED) is 0.862. The van der Waals surface area contributed by atoms with Crippen LogP contribution in [-0.4, -0.2) is 27.2 Å². The van der Waals surface area contributed by atoms with Gasteiger partial charge in [-0.15, -0.1) is 0 Å². The van der Waals surface area contributed by atoms with Crippen LogP contribution in [0.3, 0.4) is 0 Å². The van der Waals surface area contributed by atoms with Gasteiger partial charge in [-0.1, -0.05) is 31.9 Å². The molecule has 1 aromatic carbocycles. The smallest absolute Gasteiger partial charge is 0.224 e. The summed E-state index contributed by atoms with van der Waals surface area (Å²) in [7, 11) is 0. The number of amides is 1. The number of carbonyl (C=O) groups is 1. The Morgan fingerprint density at radius 2 is 2.08 bits per heavy atom. The number of carbonyl (C=O) groups excluding carboxylic acids is 1. The third kappa shape index (κ3) is 3.94. The van der Waals surface area contributed by atoms with E-state index in [4.69, 9.17) is 0 Å². The van der Waals surface area contributed by atoms with Gasteiger partial charge < -0.3 is 5.32 Å². The van der Waals surface area contributed by atoms with Crippen molar-refractivity contribution in [1.82, 2.24) is 20.1 Å². The minimum atomic E-state index is -0.217. The number of aromatic nitrogens is 3. The Labute approximate surface area is 154 Å². The Morgan fingerprint density at radius 3 is 2.69 bits per heavy atom. The van der Waals surface area contributed by atoms with Gasteiger partial charge in [0.2, 0.25) is 5.91 Å². The zero-order valence-electron chi connectivity index (χ0n) is 15.8. The largest absolute Gasteiger partial charge is 0.355 e. The standard InChI is InChI=1S/C20H27FN4O/c1-14(12-25-16(3)23-15(2)24-25)19(26)22-13-20(9-4-5-10-20)17-7-6-8-18(21)11-17/h6-8,11,14H,4-5,9-10,12-13H2,1-3H3,(H,22,26)/t14-/m1/s1. The van der Waals surface area contributed by atoms with E-state index in [1.165, 1.54) is 6.07 Å². The van der Waals surface area contributed by atoms with Crippen molar-refractivity contribution in [3.05, 3.63) is 47.3 Å². The Morgan fingerprint density at radius 1 is 1.35 bits per heavy atom. The SMILES string of the molecule is Cc1nc(C)n(C[C@@H](C)C(=O)NCC2(c3cccc(F)c3)CCCC2)n1. The van der Waals surface area contributed by atoms with Crippen LogP contribution < -0.4 is 5.32 Å². The summed E-state index contributed by atoms with van der Waals surface area (Å²) in [6, 6.07) is 6.81. The predicted octanol–water partition coefficient (Wildman–Crippen LogP) is 3.30. The van der Waals surface area contributed by atoms with Crippen LogP contribution in [0.4, 0.5) is 4.39 Å². The third-order valence-electron chi connectivity index (χ3n) is 5.46. The topological polar surface area (TPSA) is 59.8 Å². The molecular formula is C20H27FN4O. The molecule has 1 heterocycles. The first-order valence-electron chi connectivity index (χ1n) is 9.31. The van der Waals surface area contributed by atoms with Gasteiger partial charge in [0, 0.05) is 12.0 Å². The number of rotatable bonds is 6. The average molecular weight is 358 g/mol. The predicted molar refractivity (Wildman–Crippen MR) is 98.2 cm³/mol. The summed E-state index contributed by atoms with van der Waals surface area (Å²) in [6.07, 6.45) is 4.18. The Kier molecular flexibility index (Phi) is 5.39. The fourth-order valence-corrected chi connectivity index (χ4v) is 3.94. The van der Waals surface area contributed by atoms with Crippen LogP contribution in [0.25, 0.3) is 0 Å². The molecule has 0 radical (unpaired) electrons. The maximum atomic E-state index is 13.7. The van der Waals surface area contributed by atoms with Crippen LogP contribution in [0.5, 0.6) is 0 Å². The van der Waals surface area contributed by atoms with Crippen LogP contribution in [0, 0.1) is 25.6 Å². The molecule has 1 fully saturated rings. The van der Waals surface area contributed by atoms with Gasteiger partial charge in [0.1, 0.15) is 17.5 Å². The van der Waals surface area contributed by atoms with E-state index in [-0.39, 0.29) is 23.1 Å². The number of hydrogen-bond donors (Lipinski definition) is 1. The van der Waals surface area contributed by atoms with Crippen molar-refractivity contribution in [2.45, 2.75) is 58.4 Å². The zero-order valence-corrected chi connectivity index (χ0v) is 15.8. The van der Waals surface area contributed by atoms with Crippen LogP contribution in [0.2, 0.25) is 0 Å². The molecular weight excluding hydrogens is 331 g/mol. The number of benzene rings is 1. The second kappa shape index (κ2) is 7.56. The van der Waals surface area contributed by atoms with Gasteiger partial charge in [-0.3, -0.25) is 4.79 Å². The van der Waals surface area contributed by atoms with Crippen molar-refractivity contribution >= 4 is 5.91 Å². The van der Waals surface area contributed by atoms with Gasteiger partial charge in [-0.25, -0.2) is 14.1 Å². The highest BCUT2D eigenvalue weighted by Gasteiger charge is 2.36. The fourth-order valence-electron chi connectivity index (χ4n) is 3.94. The van der Waals surface area contributed by atoms with E-state index in [2.05, 4.69) is 15.4 Å². The first kappa shape index (κ1) is 18.5. The average Bonchev–Trinajstić information content (AvgIpc) is 3.20. The highest BCUT2D eigenvalue weighted by Crippen LogP contribution is 2.40. The van der Waals surface area contributed by atoms with Gasteiger partial charge in [0.05, 0.1) is 12.5 Å². The van der Waals surface area contributed by atoms with E-state index in [0.717, 1.165) is 37.1 Å². The van der Waals surface area contributed by atoms with Gasteiger partial charge in [0.15, 0.2) is 0 Å². The maximum Gasteiger partial charge on any atom is 0.224 e. The molecule has 1 N–H and O–H groups in total. The fraction of sp³-hybridized carbons (Fsp3) is 0.550. The number of halogens is 1. The first-order valence-corrected chi connectivity index (χ1v) is 9.31. The monoisotopic (exact) mass is 358 g/mol. The molecule has 0 aliphatic heterocycles. The lowest BCUT2D eigenvalue weighted by Crippen LogP contribution is -2.41. The van der Waals surface area contributed by atoms with Crippen LogP contribution in [0.1, 0.15) is 49.8 Å². The Bertz CT molecular complexity index is 780. The third-order valence-corrected chi connectivity index (χ3v) is 5.46. The highest BCUT2D eigenvalue weighted by atomic mass is 19.1. The van der Waals surface area contributed by atoms with Gasteiger partial charge >= 0.3 is 0 Å². The second-order valence-electron chi connectivity index (χ2n) is 7.50. The molecule has 0 spiro atoms. The molecule has 1 atom stereocenters. The minimum absolute atomic E-state index is 0.000214. The summed E-state index contributed by atoms with van der Waals surface area (Å²) >= 11 is 0. The molecule has 140 valence electrons. The molecule has 1 aliphatic carbocycles. The minimum Gasteiger partial charge on any atom is -0.355 e. The highest BCUT2D eigenvalue weighted by molar-refractivity contribution is 5.78. The summed E-state index contributed by atoms with van der Waals surface area (Å²) < 4.78 is 15.5. The zero-order chi connectivity index (χ0) is 18.7. The Balaban J connectivity index is 1.65. The van der Waals surface area contributed by atoms with E-state index in [1.807, 2.05) is 26.8 Å². The molecule has 1 amide bonds. The summed E-state index contributed by atoms with van der Waals surface area (Å²) in [5.74, 6) is 1.10. The molecule has 1 aliphatic rings. The lowest BCUT2D eigenvalue weighted by atomic mass is 9.78. The molecule has 0 unspecified atom stereocenters. The van der Waals surface area contributed by atoms with Gasteiger partial charge in [-0.05, 0) is 44.4 Å². The Hall–Kier alpha value is -2.24. The molecule has 1 aromatic heterocycles. The lowest BCUT2D eigenvalue weighted by molar-refractivity contribution is -0.125. The molecule has 6 heteroatoms. The number of hydrogen-bond acceptors (Lipinski definition) is 3. The number of aryl methyl sites for hydroxylation is 2. The van der Waals surface area contributed by atoms with E-state index in [9.17, 15) is 9.18 Å². The van der Waals surface area contributed by atoms with E-state index in [1.54, 1.807) is 16.8 Å². The second-order valence-corrected chi connectivity index (χ2v) is 7.50. The molecule has 2 aromatic rings. The summed E-state index contributed by atoms with van der Waals surface area (Å²) in [5.41, 5.74) is 0.836. The summed E-state index contributed by atoms with van der Waals surface area (Å²) in [6.45, 7) is 6.69. The normalized spacial score (nSPS) is 17.2. The summed E-state index contributed by atoms with van der Waals surface area (Å²) in [5, 5.41) is 7.43. The van der Waals surface area contributed by atoms with Crippen molar-refractivity contribution in [3.8, 4) is 0 Å². The summed E-state index contributed by atoms with van der Waals surface area (Å²) in [4.78, 5) is 16.9. The van der Waals surface area contributed by atoms with Crippen molar-refractivity contribution in [2.24, 2.45) is 5.92 Å². The first-order chi connectivity index (χ1) is 12.4. The molecule has 5 nitrogen and oxygen atoms in total. The van der Waals surface area contributed by atoms with Crippen LogP contribution in [0.15, 0.2) is 24.3 Å². The van der Waals surface area contributed by atoms with Crippen LogP contribution >= 0.6 is 0 Å². The number of nitrogens with one attached hydrogen (secondary N) is 1. The molecule has 26 heavy (non-hydrogen) atoms. The van der Waals surface area contributed by atoms with Crippen LogP contribution in [-0.2, 0) is 16.8 Å². The van der Waals surface area contributed by atoms with Crippen molar-refractivity contribution in [3.63, 3.8) is 0 Å². The van der Waals surface area contributed by atoms with Crippen molar-refractivity contribution < 1.29 is 9.18 Å². The van der Waals surface area contributed by atoms with E-state index < -0.39 is 0 Å². The molecule has 3 rings (SSSR count). The van der Waals surface area contributed by atoms with E-state index in [0.29, 0.717) is 18.9 Å². The number of nitrogens with zero attached hydrogens (tertiary/aromatic N) is 3. The van der Waals surface area contributed by atoms with Crippen molar-refractivity contribution in [2.75, 3.05) is 6.54 Å². The molecule has 0 bridgehead atoms. The lowest BCUT2D eigenvalue weighted by Gasteiger charge is -2.30. The molecule has 1 saturated carbocycles. The maximum absolute atomic E-state index is 13.7. The van der Waals surface area contributed by atoms with Gasteiger partial charge in [-0.2, -0.15) is 5.10 Å². The van der Waals surface area contributed by atoms with Gasteiger partial charge in [0.25, 0.3) is 0 Å². The van der Waals surface area contributed by atoms with E-state index >= 15 is 0 Å². The molecule has 0 saturated heterocycles. The van der Waals surface area contributed by atoms with Crippen molar-refractivity contribution in [1.29, 1.82) is 0 Å².